The van der Waals surface area contributed by atoms with Gasteiger partial charge in [-0.25, -0.2) is 0 Å². The lowest BCUT2D eigenvalue weighted by atomic mass is 9.73. The molecule has 0 spiro atoms. The smallest absolute Gasteiger partial charge is 0.313 e. The summed E-state index contributed by atoms with van der Waals surface area (Å²) in [5.74, 6) is 0.0791. The standard InChI is InChI=1S/C13H20O3/c1-5-16-13(15)12-9(4)6-10(14)7-11(12)8(2)3/h6,8,11-12H,5,7H2,1-4H3. The summed E-state index contributed by atoms with van der Waals surface area (Å²) in [7, 11) is 0. The number of carbonyl (C=O) groups excluding carboxylic acids is 2. The fourth-order valence-electron chi connectivity index (χ4n) is 2.30. The molecule has 1 aliphatic rings. The second kappa shape index (κ2) is 5.28. The molecule has 0 heterocycles. The van der Waals surface area contributed by atoms with Crippen LogP contribution in [-0.4, -0.2) is 18.4 Å². The number of hydrogen-bond donors (Lipinski definition) is 0. The molecular formula is C13H20O3. The third-order valence-corrected chi connectivity index (χ3v) is 3.14. The number of carbonyl (C=O) groups is 2. The summed E-state index contributed by atoms with van der Waals surface area (Å²) in [5, 5.41) is 0. The first-order valence-corrected chi connectivity index (χ1v) is 5.85. The Labute approximate surface area is 96.9 Å². The van der Waals surface area contributed by atoms with Crippen LogP contribution in [0.25, 0.3) is 0 Å². The molecule has 0 bridgehead atoms. The Morgan fingerprint density at radius 2 is 2.19 bits per heavy atom. The van der Waals surface area contributed by atoms with Gasteiger partial charge in [-0.3, -0.25) is 9.59 Å². The number of hydrogen-bond acceptors (Lipinski definition) is 3. The van der Waals surface area contributed by atoms with Crippen LogP contribution in [0.1, 0.15) is 34.1 Å². The Balaban J connectivity index is 2.95. The predicted molar refractivity (Wildman–Crippen MR) is 61.8 cm³/mol. The molecule has 0 aliphatic heterocycles. The maximum Gasteiger partial charge on any atom is 0.313 e. The van der Waals surface area contributed by atoms with Gasteiger partial charge in [-0.15, -0.1) is 0 Å². The summed E-state index contributed by atoms with van der Waals surface area (Å²) in [6, 6.07) is 0. The van der Waals surface area contributed by atoms with Crippen molar-refractivity contribution in [3.63, 3.8) is 0 Å². The van der Waals surface area contributed by atoms with Crippen molar-refractivity contribution in [2.45, 2.75) is 34.1 Å². The minimum Gasteiger partial charge on any atom is -0.466 e. The van der Waals surface area contributed by atoms with Crippen molar-refractivity contribution in [2.24, 2.45) is 17.8 Å². The molecular weight excluding hydrogens is 204 g/mol. The Hall–Kier alpha value is -1.12. The van der Waals surface area contributed by atoms with Gasteiger partial charge < -0.3 is 4.74 Å². The average Bonchev–Trinajstić information content (AvgIpc) is 2.16. The summed E-state index contributed by atoms with van der Waals surface area (Å²) >= 11 is 0. The highest BCUT2D eigenvalue weighted by atomic mass is 16.5. The molecule has 2 unspecified atom stereocenters. The molecule has 0 radical (unpaired) electrons. The van der Waals surface area contributed by atoms with E-state index < -0.39 is 0 Å². The average molecular weight is 224 g/mol. The van der Waals surface area contributed by atoms with Crippen molar-refractivity contribution in [1.82, 2.24) is 0 Å². The van der Waals surface area contributed by atoms with Gasteiger partial charge in [0.2, 0.25) is 0 Å². The van der Waals surface area contributed by atoms with E-state index in [2.05, 4.69) is 0 Å². The quantitative estimate of drug-likeness (QED) is 0.691. The van der Waals surface area contributed by atoms with Crippen LogP contribution in [0.4, 0.5) is 0 Å². The molecule has 2 atom stereocenters. The lowest BCUT2D eigenvalue weighted by molar-refractivity contribution is -0.149. The van der Waals surface area contributed by atoms with E-state index in [1.807, 2.05) is 20.8 Å². The van der Waals surface area contributed by atoms with Crippen molar-refractivity contribution < 1.29 is 14.3 Å². The van der Waals surface area contributed by atoms with E-state index in [-0.39, 0.29) is 23.6 Å². The van der Waals surface area contributed by atoms with Gasteiger partial charge in [-0.05, 0) is 31.8 Å². The molecule has 16 heavy (non-hydrogen) atoms. The first-order chi connectivity index (χ1) is 7.47. The summed E-state index contributed by atoms with van der Waals surface area (Å²) < 4.78 is 5.08. The SMILES string of the molecule is CCOC(=O)C1C(C)=CC(=O)CC1C(C)C. The minimum absolute atomic E-state index is 0.0801. The summed E-state index contributed by atoms with van der Waals surface area (Å²) in [6.45, 7) is 8.12. The van der Waals surface area contributed by atoms with E-state index in [1.54, 1.807) is 13.0 Å². The minimum atomic E-state index is -0.238. The number of ether oxygens (including phenoxy) is 1. The molecule has 0 amide bonds. The Morgan fingerprint density at radius 3 is 2.69 bits per heavy atom. The molecule has 1 rings (SSSR count). The lowest BCUT2D eigenvalue weighted by Gasteiger charge is -2.31. The van der Waals surface area contributed by atoms with Crippen LogP contribution >= 0.6 is 0 Å². The Bertz CT molecular complexity index is 315. The summed E-state index contributed by atoms with van der Waals surface area (Å²) in [4.78, 5) is 23.3. The monoisotopic (exact) mass is 224 g/mol. The van der Waals surface area contributed by atoms with Gasteiger partial charge in [0.05, 0.1) is 12.5 Å². The second-order valence-corrected chi connectivity index (χ2v) is 4.70. The third-order valence-electron chi connectivity index (χ3n) is 3.14. The molecule has 90 valence electrons. The first kappa shape index (κ1) is 12.9. The zero-order valence-corrected chi connectivity index (χ0v) is 10.4. The molecule has 0 saturated carbocycles. The Morgan fingerprint density at radius 1 is 1.56 bits per heavy atom. The molecule has 0 aromatic carbocycles. The van der Waals surface area contributed by atoms with Gasteiger partial charge in [0.15, 0.2) is 5.78 Å². The van der Waals surface area contributed by atoms with Crippen LogP contribution in [0.15, 0.2) is 11.6 Å². The van der Waals surface area contributed by atoms with E-state index in [1.165, 1.54) is 0 Å². The largest absolute Gasteiger partial charge is 0.466 e. The third kappa shape index (κ3) is 2.71. The maximum absolute atomic E-state index is 11.9. The number of esters is 1. The zero-order valence-electron chi connectivity index (χ0n) is 10.4. The number of allylic oxidation sites excluding steroid dienone is 1. The van der Waals surface area contributed by atoms with Gasteiger partial charge in [-0.1, -0.05) is 19.4 Å². The van der Waals surface area contributed by atoms with Crippen LogP contribution in [0.2, 0.25) is 0 Å². The molecule has 0 fully saturated rings. The normalized spacial score (nSPS) is 25.6. The first-order valence-electron chi connectivity index (χ1n) is 5.85. The number of ketones is 1. The van der Waals surface area contributed by atoms with Gasteiger partial charge in [0.1, 0.15) is 0 Å². The highest BCUT2D eigenvalue weighted by molar-refractivity contribution is 5.94. The molecule has 0 aromatic heterocycles. The van der Waals surface area contributed by atoms with E-state index in [0.717, 1.165) is 5.57 Å². The number of rotatable bonds is 3. The van der Waals surface area contributed by atoms with Crippen LogP contribution in [0, 0.1) is 17.8 Å². The zero-order chi connectivity index (χ0) is 12.3. The fraction of sp³-hybridized carbons (Fsp3) is 0.692. The van der Waals surface area contributed by atoms with Gasteiger partial charge in [0, 0.05) is 6.42 Å². The molecule has 0 N–H and O–H groups in total. The molecule has 0 saturated heterocycles. The highest BCUT2D eigenvalue weighted by Gasteiger charge is 2.37. The summed E-state index contributed by atoms with van der Waals surface area (Å²) in [6.07, 6.45) is 2.04. The van der Waals surface area contributed by atoms with Gasteiger partial charge in [0.25, 0.3) is 0 Å². The summed E-state index contributed by atoms with van der Waals surface area (Å²) in [5.41, 5.74) is 0.841. The van der Waals surface area contributed by atoms with Crippen LogP contribution in [0.3, 0.4) is 0 Å². The lowest BCUT2D eigenvalue weighted by Crippen LogP contribution is -2.34. The molecule has 3 heteroatoms. The maximum atomic E-state index is 11.9. The van der Waals surface area contributed by atoms with Crippen LogP contribution < -0.4 is 0 Å². The molecule has 1 aliphatic carbocycles. The fourth-order valence-corrected chi connectivity index (χ4v) is 2.30. The van der Waals surface area contributed by atoms with Crippen molar-refractivity contribution in [3.05, 3.63) is 11.6 Å². The van der Waals surface area contributed by atoms with Crippen molar-refractivity contribution in [1.29, 1.82) is 0 Å². The molecule has 0 aromatic rings. The predicted octanol–water partition coefficient (Wildman–Crippen LogP) is 2.36. The molecule has 3 nitrogen and oxygen atoms in total. The van der Waals surface area contributed by atoms with Crippen molar-refractivity contribution in [3.8, 4) is 0 Å². The second-order valence-electron chi connectivity index (χ2n) is 4.70. The Kier molecular flexibility index (Phi) is 4.27. The topological polar surface area (TPSA) is 43.4 Å². The van der Waals surface area contributed by atoms with E-state index in [0.29, 0.717) is 18.9 Å². The highest BCUT2D eigenvalue weighted by Crippen LogP contribution is 2.34. The van der Waals surface area contributed by atoms with E-state index in [9.17, 15) is 9.59 Å². The van der Waals surface area contributed by atoms with Crippen LogP contribution in [0.5, 0.6) is 0 Å². The van der Waals surface area contributed by atoms with Gasteiger partial charge in [-0.2, -0.15) is 0 Å². The van der Waals surface area contributed by atoms with Crippen LogP contribution in [-0.2, 0) is 14.3 Å². The van der Waals surface area contributed by atoms with E-state index >= 15 is 0 Å². The van der Waals surface area contributed by atoms with E-state index in [4.69, 9.17) is 4.74 Å². The van der Waals surface area contributed by atoms with Crippen molar-refractivity contribution in [2.75, 3.05) is 6.61 Å². The van der Waals surface area contributed by atoms with Gasteiger partial charge >= 0.3 is 5.97 Å². The van der Waals surface area contributed by atoms with Crippen molar-refractivity contribution >= 4 is 11.8 Å².